The highest BCUT2D eigenvalue weighted by molar-refractivity contribution is 5.92. The smallest absolute Gasteiger partial charge is 0.251 e. The van der Waals surface area contributed by atoms with Gasteiger partial charge in [-0.25, -0.2) is 0 Å². The zero-order valence-electron chi connectivity index (χ0n) is 7.82. The van der Waals surface area contributed by atoms with E-state index in [9.17, 15) is 4.79 Å². The van der Waals surface area contributed by atoms with Crippen molar-refractivity contribution in [2.24, 2.45) is 5.73 Å². The van der Waals surface area contributed by atoms with E-state index in [4.69, 9.17) is 5.73 Å². The molecule has 5 nitrogen and oxygen atoms in total. The van der Waals surface area contributed by atoms with Crippen LogP contribution in [0, 0.1) is 0 Å². The molecule has 1 amide bonds. The number of amides is 1. The van der Waals surface area contributed by atoms with E-state index in [2.05, 4.69) is 10.4 Å². The fourth-order valence-electron chi connectivity index (χ4n) is 1.16. The second-order valence-corrected chi connectivity index (χ2v) is 2.79. The number of carbonyl (C=O) groups excluding carboxylic acids is 1. The van der Waals surface area contributed by atoms with Crippen molar-refractivity contribution in [3.05, 3.63) is 18.0 Å². The summed E-state index contributed by atoms with van der Waals surface area (Å²) in [6, 6.07) is 0. The Balaban J connectivity index is 2.84. The average Bonchev–Trinajstić information content (AvgIpc) is 2.56. The molecule has 1 unspecified atom stereocenters. The zero-order valence-corrected chi connectivity index (χ0v) is 7.82. The lowest BCUT2D eigenvalue weighted by Gasteiger charge is -2.13. The number of primary amides is 1. The van der Waals surface area contributed by atoms with Crippen LogP contribution in [0.5, 0.6) is 0 Å². The fourth-order valence-corrected chi connectivity index (χ4v) is 1.16. The third-order valence-corrected chi connectivity index (χ3v) is 1.93. The van der Waals surface area contributed by atoms with Crippen molar-refractivity contribution >= 4 is 5.91 Å². The highest BCUT2D eigenvalue weighted by Gasteiger charge is 2.09. The predicted molar refractivity (Wildman–Crippen MR) is 49.1 cm³/mol. The normalized spacial score (nSPS) is 12.8. The van der Waals surface area contributed by atoms with E-state index in [-0.39, 0.29) is 6.17 Å². The predicted octanol–water partition coefficient (Wildman–Crippen LogP) is 0.110. The molecule has 0 radical (unpaired) electrons. The number of nitrogens with zero attached hydrogens (tertiary/aromatic N) is 2. The van der Waals surface area contributed by atoms with Gasteiger partial charge >= 0.3 is 0 Å². The van der Waals surface area contributed by atoms with Crippen LogP contribution in [-0.2, 0) is 0 Å². The summed E-state index contributed by atoms with van der Waals surface area (Å²) in [4.78, 5) is 10.8. The highest BCUT2D eigenvalue weighted by atomic mass is 16.1. The molecule has 0 aromatic carbocycles. The summed E-state index contributed by atoms with van der Waals surface area (Å²) in [6.45, 7) is 2.03. The van der Waals surface area contributed by atoms with Gasteiger partial charge in [-0.15, -0.1) is 0 Å². The molecule has 1 aromatic rings. The number of hydrogen-bond donors (Lipinski definition) is 2. The van der Waals surface area contributed by atoms with E-state index in [1.165, 1.54) is 6.20 Å². The van der Waals surface area contributed by atoms with Crippen molar-refractivity contribution in [2.45, 2.75) is 19.5 Å². The maximum Gasteiger partial charge on any atom is 0.251 e. The maximum atomic E-state index is 10.8. The van der Waals surface area contributed by atoms with Crippen LogP contribution in [0.25, 0.3) is 0 Å². The van der Waals surface area contributed by atoms with E-state index >= 15 is 0 Å². The molecule has 1 heterocycles. The quantitative estimate of drug-likeness (QED) is 0.694. The number of aromatic nitrogens is 2. The second-order valence-electron chi connectivity index (χ2n) is 2.79. The Morgan fingerprint density at radius 1 is 1.85 bits per heavy atom. The van der Waals surface area contributed by atoms with Crippen molar-refractivity contribution in [3.8, 4) is 0 Å². The number of hydrogen-bond acceptors (Lipinski definition) is 3. The molecule has 0 saturated heterocycles. The Kier molecular flexibility index (Phi) is 3.02. The van der Waals surface area contributed by atoms with Crippen LogP contribution < -0.4 is 11.1 Å². The molecule has 0 bridgehead atoms. The summed E-state index contributed by atoms with van der Waals surface area (Å²) in [7, 11) is 1.85. The van der Waals surface area contributed by atoms with Crippen LogP contribution in [0.4, 0.5) is 0 Å². The fraction of sp³-hybridized carbons (Fsp3) is 0.500. The van der Waals surface area contributed by atoms with Crippen LogP contribution >= 0.6 is 0 Å². The van der Waals surface area contributed by atoms with Crippen LogP contribution in [-0.4, -0.2) is 22.7 Å². The van der Waals surface area contributed by atoms with Crippen molar-refractivity contribution in [2.75, 3.05) is 7.05 Å². The van der Waals surface area contributed by atoms with Gasteiger partial charge in [0.25, 0.3) is 5.91 Å². The van der Waals surface area contributed by atoms with Gasteiger partial charge in [-0.1, -0.05) is 6.92 Å². The lowest BCUT2D eigenvalue weighted by Crippen LogP contribution is -2.22. The molecule has 0 aliphatic carbocycles. The molecule has 3 N–H and O–H groups in total. The summed E-state index contributed by atoms with van der Waals surface area (Å²) in [5.74, 6) is -0.447. The molecular formula is C8H14N4O. The molecular weight excluding hydrogens is 168 g/mol. The molecule has 0 spiro atoms. The third-order valence-electron chi connectivity index (χ3n) is 1.93. The van der Waals surface area contributed by atoms with E-state index < -0.39 is 5.91 Å². The first kappa shape index (κ1) is 9.73. The van der Waals surface area contributed by atoms with Crippen molar-refractivity contribution in [1.82, 2.24) is 15.1 Å². The van der Waals surface area contributed by atoms with Crippen molar-refractivity contribution in [1.29, 1.82) is 0 Å². The minimum Gasteiger partial charge on any atom is -0.366 e. The van der Waals surface area contributed by atoms with Gasteiger partial charge in [-0.05, 0) is 13.5 Å². The van der Waals surface area contributed by atoms with Gasteiger partial charge in [0.15, 0.2) is 0 Å². The molecule has 0 aliphatic rings. The topological polar surface area (TPSA) is 72.9 Å². The van der Waals surface area contributed by atoms with Gasteiger partial charge in [-0.2, -0.15) is 5.10 Å². The largest absolute Gasteiger partial charge is 0.366 e. The van der Waals surface area contributed by atoms with Crippen LogP contribution in [0.1, 0.15) is 29.9 Å². The van der Waals surface area contributed by atoms with Gasteiger partial charge < -0.3 is 5.73 Å². The lowest BCUT2D eigenvalue weighted by atomic mass is 10.3. The standard InChI is InChI=1S/C8H14N4O/c1-3-7(10-2)12-5-6(4-11-12)8(9)13/h4-5,7,10H,3H2,1-2H3,(H2,9,13). The number of nitrogens with one attached hydrogen (secondary N) is 1. The van der Waals surface area contributed by atoms with Crippen molar-refractivity contribution < 1.29 is 4.79 Å². The Labute approximate surface area is 76.9 Å². The van der Waals surface area contributed by atoms with Crippen LogP contribution in [0.15, 0.2) is 12.4 Å². The average molecular weight is 182 g/mol. The maximum absolute atomic E-state index is 10.8. The molecule has 1 atom stereocenters. The van der Waals surface area contributed by atoms with E-state index in [1.54, 1.807) is 10.9 Å². The molecule has 0 saturated carbocycles. The first-order chi connectivity index (χ1) is 6.19. The zero-order chi connectivity index (χ0) is 9.84. The van der Waals surface area contributed by atoms with Gasteiger partial charge in [-0.3, -0.25) is 14.8 Å². The summed E-state index contributed by atoms with van der Waals surface area (Å²) < 4.78 is 1.69. The molecule has 13 heavy (non-hydrogen) atoms. The minimum atomic E-state index is -0.447. The number of nitrogens with two attached hydrogens (primary N) is 1. The summed E-state index contributed by atoms with van der Waals surface area (Å²) >= 11 is 0. The number of rotatable bonds is 4. The summed E-state index contributed by atoms with van der Waals surface area (Å²) in [6.07, 6.45) is 4.14. The van der Waals surface area contributed by atoms with Crippen LogP contribution in [0.3, 0.4) is 0 Å². The van der Waals surface area contributed by atoms with E-state index in [0.29, 0.717) is 5.56 Å². The van der Waals surface area contributed by atoms with Crippen molar-refractivity contribution in [3.63, 3.8) is 0 Å². The molecule has 0 fully saturated rings. The molecule has 0 aliphatic heterocycles. The van der Waals surface area contributed by atoms with Gasteiger partial charge in [0.1, 0.15) is 6.17 Å². The molecule has 1 rings (SSSR count). The Bertz CT molecular complexity index is 290. The van der Waals surface area contributed by atoms with Gasteiger partial charge in [0.05, 0.1) is 11.8 Å². The summed E-state index contributed by atoms with van der Waals surface area (Å²) in [5, 5.41) is 7.10. The second kappa shape index (κ2) is 4.04. The van der Waals surface area contributed by atoms with E-state index in [0.717, 1.165) is 6.42 Å². The summed E-state index contributed by atoms with van der Waals surface area (Å²) in [5.41, 5.74) is 5.54. The minimum absolute atomic E-state index is 0.119. The van der Waals surface area contributed by atoms with Gasteiger partial charge in [0, 0.05) is 6.20 Å². The Morgan fingerprint density at radius 2 is 2.54 bits per heavy atom. The Morgan fingerprint density at radius 3 is 2.92 bits per heavy atom. The monoisotopic (exact) mass is 182 g/mol. The highest BCUT2D eigenvalue weighted by Crippen LogP contribution is 2.06. The Hall–Kier alpha value is -1.36. The lowest BCUT2D eigenvalue weighted by molar-refractivity contribution is 0.1000. The van der Waals surface area contributed by atoms with E-state index in [1.807, 2.05) is 14.0 Å². The third kappa shape index (κ3) is 2.06. The van der Waals surface area contributed by atoms with Crippen LogP contribution in [0.2, 0.25) is 0 Å². The molecule has 5 heteroatoms. The first-order valence-electron chi connectivity index (χ1n) is 4.20. The first-order valence-corrected chi connectivity index (χ1v) is 4.20. The number of carbonyl (C=O) groups is 1. The molecule has 1 aromatic heterocycles. The molecule has 72 valence electrons. The SMILES string of the molecule is CCC(NC)n1cc(C(N)=O)cn1. The van der Waals surface area contributed by atoms with Gasteiger partial charge in [0.2, 0.25) is 0 Å².